The van der Waals surface area contributed by atoms with E-state index in [0.717, 1.165) is 107 Å². The zero-order valence-corrected chi connectivity index (χ0v) is 28.4. The molecule has 4 aliphatic heterocycles. The van der Waals surface area contributed by atoms with Crippen LogP contribution < -0.4 is 20.3 Å². The van der Waals surface area contributed by atoms with Gasteiger partial charge in [-0.05, 0) is 105 Å². The van der Waals surface area contributed by atoms with Crippen molar-refractivity contribution < 1.29 is 19.1 Å². The maximum atomic E-state index is 12.4. The van der Waals surface area contributed by atoms with Gasteiger partial charge < -0.3 is 19.9 Å². The van der Waals surface area contributed by atoms with Gasteiger partial charge >= 0.3 is 0 Å². The van der Waals surface area contributed by atoms with E-state index in [1.54, 1.807) is 0 Å². The molecule has 3 fully saturated rings. The topological polar surface area (TPSA) is 120 Å². The standard InChI is InChI=1S/C38H47N7O4/c1-26-4-7-29(21-31(26)24-45(25-46)34-10-11-35(47)41-36(34)48)28-12-16-43(17-13-28)23-27-5-8-33(9-6-27)44-18-14-32(15-19-44)40-38-39-22-30-3-2-20-49-37(30)42-38/h4-9,21-22,25,28,32,34H,2-3,10-20,23-24H2,1H3,(H,39,40,42)(H,41,47,48). The van der Waals surface area contributed by atoms with Crippen LogP contribution in [0.1, 0.15) is 78.7 Å². The first-order chi connectivity index (χ1) is 23.9. The highest BCUT2D eigenvalue weighted by molar-refractivity contribution is 6.00. The number of hydrogen-bond donors (Lipinski definition) is 2. The molecule has 49 heavy (non-hydrogen) atoms. The zero-order chi connectivity index (χ0) is 33.7. The highest BCUT2D eigenvalue weighted by Crippen LogP contribution is 2.31. The van der Waals surface area contributed by atoms with Crippen molar-refractivity contribution in [3.63, 3.8) is 0 Å². The van der Waals surface area contributed by atoms with Crippen LogP contribution in [0.2, 0.25) is 0 Å². The van der Waals surface area contributed by atoms with E-state index in [1.165, 1.54) is 21.7 Å². The van der Waals surface area contributed by atoms with E-state index in [1.807, 2.05) is 13.1 Å². The Morgan fingerprint density at radius 2 is 1.80 bits per heavy atom. The number of fused-ring (bicyclic) bond motifs is 1. The van der Waals surface area contributed by atoms with Crippen molar-refractivity contribution in [1.82, 2.24) is 25.1 Å². The van der Waals surface area contributed by atoms with Crippen LogP contribution in [0.5, 0.6) is 5.88 Å². The summed E-state index contributed by atoms with van der Waals surface area (Å²) in [6.07, 6.45) is 9.51. The fraction of sp³-hybridized carbons (Fsp3) is 0.500. The molecule has 1 atom stereocenters. The third kappa shape index (κ3) is 7.88. The van der Waals surface area contributed by atoms with Gasteiger partial charge in [-0.15, -0.1) is 0 Å². The van der Waals surface area contributed by atoms with Gasteiger partial charge in [-0.25, -0.2) is 4.98 Å². The molecule has 0 aliphatic carbocycles. The molecular formula is C38H47N7O4. The number of carbonyl (C=O) groups excluding carboxylic acids is 3. The Bertz CT molecular complexity index is 1650. The van der Waals surface area contributed by atoms with Crippen molar-refractivity contribution in [2.75, 3.05) is 43.0 Å². The lowest BCUT2D eigenvalue weighted by molar-refractivity contribution is -0.141. The number of aryl methyl sites for hydroxylation is 2. The Morgan fingerprint density at radius 1 is 1.00 bits per heavy atom. The van der Waals surface area contributed by atoms with Gasteiger partial charge in [0.25, 0.3) is 0 Å². The molecule has 3 aromatic rings. The SMILES string of the molecule is Cc1ccc(C2CCN(Cc3ccc(N4CCC(Nc5ncc6c(n5)OCCC6)CC4)cc3)CC2)cc1CN(C=O)C1CCC(=O)NC1=O. The molecule has 1 aromatic heterocycles. The minimum absolute atomic E-state index is 0.253. The number of amides is 3. The first-order valence-electron chi connectivity index (χ1n) is 17.9. The average molecular weight is 666 g/mol. The number of imide groups is 1. The van der Waals surface area contributed by atoms with E-state index in [2.05, 4.69) is 72.9 Å². The fourth-order valence-electron chi connectivity index (χ4n) is 7.68. The summed E-state index contributed by atoms with van der Waals surface area (Å²) in [7, 11) is 0. The van der Waals surface area contributed by atoms with Gasteiger partial charge in [0.2, 0.25) is 30.1 Å². The van der Waals surface area contributed by atoms with Crippen LogP contribution in [0.4, 0.5) is 11.6 Å². The number of anilines is 2. The van der Waals surface area contributed by atoms with E-state index >= 15 is 0 Å². The maximum Gasteiger partial charge on any atom is 0.249 e. The number of hydrogen-bond acceptors (Lipinski definition) is 9. The lowest BCUT2D eigenvalue weighted by atomic mass is 9.87. The first-order valence-corrected chi connectivity index (χ1v) is 17.9. The minimum Gasteiger partial charge on any atom is -0.477 e. The van der Waals surface area contributed by atoms with E-state index in [0.29, 0.717) is 30.9 Å². The molecule has 1 unspecified atom stereocenters. The second-order valence-corrected chi connectivity index (χ2v) is 14.0. The van der Waals surface area contributed by atoms with Crippen LogP contribution in [-0.4, -0.2) is 82.9 Å². The first kappa shape index (κ1) is 33.0. The number of aromatic nitrogens is 2. The monoisotopic (exact) mass is 665 g/mol. The number of nitrogens with zero attached hydrogens (tertiary/aromatic N) is 5. The van der Waals surface area contributed by atoms with Gasteiger partial charge in [0.15, 0.2) is 0 Å². The molecule has 11 nitrogen and oxygen atoms in total. The molecule has 5 heterocycles. The zero-order valence-electron chi connectivity index (χ0n) is 28.4. The highest BCUT2D eigenvalue weighted by atomic mass is 16.5. The minimum atomic E-state index is -0.609. The molecular weight excluding hydrogens is 618 g/mol. The molecule has 3 amide bonds. The summed E-state index contributed by atoms with van der Waals surface area (Å²) in [4.78, 5) is 51.6. The molecule has 2 N–H and O–H groups in total. The molecule has 0 saturated carbocycles. The van der Waals surface area contributed by atoms with Crippen molar-refractivity contribution >= 4 is 29.9 Å². The maximum absolute atomic E-state index is 12.4. The third-order valence-corrected chi connectivity index (χ3v) is 10.7. The molecule has 3 saturated heterocycles. The molecule has 7 rings (SSSR count). The van der Waals surface area contributed by atoms with Gasteiger partial charge in [0.05, 0.1) is 6.61 Å². The summed E-state index contributed by atoms with van der Waals surface area (Å²) in [6.45, 7) is 8.15. The molecule has 11 heteroatoms. The third-order valence-electron chi connectivity index (χ3n) is 10.7. The second-order valence-electron chi connectivity index (χ2n) is 14.0. The smallest absolute Gasteiger partial charge is 0.249 e. The molecule has 258 valence electrons. The predicted molar refractivity (Wildman–Crippen MR) is 187 cm³/mol. The quantitative estimate of drug-likeness (QED) is 0.241. The van der Waals surface area contributed by atoms with Gasteiger partial charge in [-0.3, -0.25) is 24.6 Å². The Kier molecular flexibility index (Phi) is 10.1. The number of piperidine rings is 3. The van der Waals surface area contributed by atoms with E-state index in [9.17, 15) is 14.4 Å². The summed E-state index contributed by atoms with van der Waals surface area (Å²) in [5, 5.41) is 5.90. The summed E-state index contributed by atoms with van der Waals surface area (Å²) in [5.74, 6) is 1.20. The number of ether oxygens (including phenoxy) is 1. The van der Waals surface area contributed by atoms with Gasteiger partial charge in [0.1, 0.15) is 6.04 Å². The van der Waals surface area contributed by atoms with Crippen LogP contribution in [0.15, 0.2) is 48.7 Å². The lowest BCUT2D eigenvalue weighted by Gasteiger charge is -2.34. The van der Waals surface area contributed by atoms with Crippen molar-refractivity contribution in [1.29, 1.82) is 0 Å². The number of rotatable bonds is 10. The van der Waals surface area contributed by atoms with Gasteiger partial charge in [-0.1, -0.05) is 30.3 Å². The van der Waals surface area contributed by atoms with Crippen molar-refractivity contribution in [2.45, 2.75) is 89.4 Å². The Hall–Kier alpha value is -4.51. The van der Waals surface area contributed by atoms with Crippen LogP contribution in [0.3, 0.4) is 0 Å². The molecule has 0 radical (unpaired) electrons. The predicted octanol–water partition coefficient (Wildman–Crippen LogP) is 4.33. The Morgan fingerprint density at radius 3 is 2.55 bits per heavy atom. The Balaban J connectivity index is 0.872. The molecule has 4 aliphatic rings. The fourth-order valence-corrected chi connectivity index (χ4v) is 7.68. The number of benzene rings is 2. The Labute approximate surface area is 288 Å². The summed E-state index contributed by atoms with van der Waals surface area (Å²) in [6, 6.07) is 15.4. The lowest BCUT2D eigenvalue weighted by Crippen LogP contribution is -2.51. The summed E-state index contributed by atoms with van der Waals surface area (Å²) >= 11 is 0. The number of carbonyl (C=O) groups is 3. The van der Waals surface area contributed by atoms with Crippen LogP contribution in [0, 0.1) is 6.92 Å². The average Bonchev–Trinajstić information content (AvgIpc) is 3.13. The highest BCUT2D eigenvalue weighted by Gasteiger charge is 2.31. The van der Waals surface area contributed by atoms with E-state index in [4.69, 9.17) is 4.74 Å². The van der Waals surface area contributed by atoms with Crippen LogP contribution in [0.25, 0.3) is 0 Å². The van der Waals surface area contributed by atoms with Crippen molar-refractivity contribution in [3.8, 4) is 5.88 Å². The second kappa shape index (κ2) is 14.9. The van der Waals surface area contributed by atoms with Crippen molar-refractivity contribution in [2.24, 2.45) is 0 Å². The molecule has 0 bridgehead atoms. The van der Waals surface area contributed by atoms with Crippen LogP contribution in [-0.2, 0) is 33.9 Å². The number of nitrogens with one attached hydrogen (secondary N) is 2. The summed E-state index contributed by atoms with van der Waals surface area (Å²) in [5.41, 5.74) is 7.16. The van der Waals surface area contributed by atoms with Crippen LogP contribution >= 0.6 is 0 Å². The molecule has 0 spiro atoms. The van der Waals surface area contributed by atoms with Crippen molar-refractivity contribution in [3.05, 3.63) is 76.5 Å². The van der Waals surface area contributed by atoms with E-state index < -0.39 is 6.04 Å². The van der Waals surface area contributed by atoms with Gasteiger partial charge in [-0.2, -0.15) is 4.98 Å². The molecule has 2 aromatic carbocycles. The largest absolute Gasteiger partial charge is 0.477 e. The summed E-state index contributed by atoms with van der Waals surface area (Å²) < 4.78 is 5.72. The normalized spacial score (nSPS) is 20.7. The number of likely N-dealkylation sites (tertiary alicyclic amines) is 1. The van der Waals surface area contributed by atoms with E-state index in [-0.39, 0.29) is 18.2 Å². The van der Waals surface area contributed by atoms with Gasteiger partial charge in [0, 0.05) is 56.1 Å².